The first-order chi connectivity index (χ1) is 16.1. The SMILES string of the molecule is C[C@@H]1CCNc2ccc(-c3cncc(F)c3)nc2N1C(=O)Nc1cccc(-c2cnco2)n1. The standard InChI is InChI=1S/C23H20FN7O2/c1-14-7-8-27-19-6-5-17(15-9-16(24)11-25-10-15)29-22(19)31(14)23(32)30-21-4-2-3-18(28-21)20-12-26-13-33-20/h2-6,9-14,27H,7-8H2,1H3,(H,28,30,32)/t14-/m1/s1. The number of rotatable bonds is 3. The van der Waals surface area contributed by atoms with Gasteiger partial charge in [-0.15, -0.1) is 0 Å². The average molecular weight is 445 g/mol. The summed E-state index contributed by atoms with van der Waals surface area (Å²) in [7, 11) is 0. The number of fused-ring (bicyclic) bond motifs is 1. The third kappa shape index (κ3) is 4.22. The van der Waals surface area contributed by atoms with Crippen LogP contribution in [-0.4, -0.2) is 38.6 Å². The fourth-order valence-electron chi connectivity index (χ4n) is 3.69. The predicted molar refractivity (Wildman–Crippen MR) is 121 cm³/mol. The molecular weight excluding hydrogens is 425 g/mol. The van der Waals surface area contributed by atoms with E-state index >= 15 is 0 Å². The minimum atomic E-state index is -0.456. The summed E-state index contributed by atoms with van der Waals surface area (Å²) in [5, 5.41) is 6.17. The average Bonchev–Trinajstić information content (AvgIpc) is 3.30. The molecule has 0 aromatic carbocycles. The largest absolute Gasteiger partial charge is 0.442 e. The van der Waals surface area contributed by atoms with E-state index in [0.29, 0.717) is 53.0 Å². The van der Waals surface area contributed by atoms with Gasteiger partial charge in [0.05, 0.1) is 23.8 Å². The second-order valence-electron chi connectivity index (χ2n) is 7.60. The highest BCUT2D eigenvalue weighted by Gasteiger charge is 2.29. The number of anilines is 3. The Labute approximate surface area is 188 Å². The second kappa shape index (κ2) is 8.65. The van der Waals surface area contributed by atoms with Crippen molar-refractivity contribution in [1.29, 1.82) is 0 Å². The van der Waals surface area contributed by atoms with E-state index in [2.05, 4.69) is 30.6 Å². The van der Waals surface area contributed by atoms with Crippen LogP contribution in [0.2, 0.25) is 0 Å². The van der Waals surface area contributed by atoms with Crippen molar-refractivity contribution < 1.29 is 13.6 Å². The molecule has 2 N–H and O–H groups in total. The van der Waals surface area contributed by atoms with Crippen molar-refractivity contribution in [3.8, 4) is 22.7 Å². The summed E-state index contributed by atoms with van der Waals surface area (Å²) in [5.74, 6) is 0.859. The number of hydrogen-bond acceptors (Lipinski definition) is 7. The fourth-order valence-corrected chi connectivity index (χ4v) is 3.69. The summed E-state index contributed by atoms with van der Waals surface area (Å²) in [5.41, 5.74) is 2.30. The van der Waals surface area contributed by atoms with Crippen molar-refractivity contribution >= 4 is 23.4 Å². The Morgan fingerprint density at radius 3 is 2.88 bits per heavy atom. The van der Waals surface area contributed by atoms with Crippen LogP contribution in [0.25, 0.3) is 22.7 Å². The van der Waals surface area contributed by atoms with Crippen LogP contribution >= 0.6 is 0 Å². The Balaban J connectivity index is 1.48. The van der Waals surface area contributed by atoms with Gasteiger partial charge in [0.15, 0.2) is 18.0 Å². The lowest BCUT2D eigenvalue weighted by Gasteiger charge is -2.27. The molecule has 33 heavy (non-hydrogen) atoms. The van der Waals surface area contributed by atoms with E-state index < -0.39 is 5.82 Å². The maximum atomic E-state index is 13.7. The van der Waals surface area contributed by atoms with Gasteiger partial charge in [0.1, 0.15) is 17.3 Å². The van der Waals surface area contributed by atoms with Gasteiger partial charge in [-0.1, -0.05) is 6.07 Å². The Morgan fingerprint density at radius 2 is 2.06 bits per heavy atom. The molecule has 0 saturated heterocycles. The third-order valence-electron chi connectivity index (χ3n) is 5.31. The highest BCUT2D eigenvalue weighted by atomic mass is 19.1. The van der Waals surface area contributed by atoms with Crippen molar-refractivity contribution in [1.82, 2.24) is 19.9 Å². The minimum absolute atomic E-state index is 0.149. The first kappa shape index (κ1) is 20.6. The van der Waals surface area contributed by atoms with Crippen molar-refractivity contribution in [3.63, 3.8) is 0 Å². The molecule has 0 aliphatic carbocycles. The molecular formula is C23H20FN7O2. The fraction of sp³-hybridized carbons (Fsp3) is 0.174. The van der Waals surface area contributed by atoms with E-state index in [-0.39, 0.29) is 12.1 Å². The maximum Gasteiger partial charge on any atom is 0.328 e. The molecule has 1 atom stereocenters. The zero-order valence-electron chi connectivity index (χ0n) is 17.7. The highest BCUT2D eigenvalue weighted by molar-refractivity contribution is 6.03. The Bertz CT molecular complexity index is 1300. The zero-order valence-corrected chi connectivity index (χ0v) is 17.7. The van der Waals surface area contributed by atoms with E-state index in [0.717, 1.165) is 6.20 Å². The van der Waals surface area contributed by atoms with Crippen LogP contribution in [-0.2, 0) is 0 Å². The Hall–Kier alpha value is -4.34. The quantitative estimate of drug-likeness (QED) is 0.475. The smallest absolute Gasteiger partial charge is 0.328 e. The van der Waals surface area contributed by atoms with Gasteiger partial charge in [-0.3, -0.25) is 15.2 Å². The molecule has 2 amide bonds. The lowest BCUT2D eigenvalue weighted by atomic mass is 10.1. The summed E-state index contributed by atoms with van der Waals surface area (Å²) in [4.78, 5) is 31.9. The van der Waals surface area contributed by atoms with Gasteiger partial charge in [-0.05, 0) is 43.7 Å². The summed E-state index contributed by atoms with van der Waals surface area (Å²) in [6.45, 7) is 2.63. The predicted octanol–water partition coefficient (Wildman–Crippen LogP) is 4.58. The van der Waals surface area contributed by atoms with Crippen LogP contribution in [0.5, 0.6) is 0 Å². The van der Waals surface area contributed by atoms with Crippen molar-refractivity contribution in [2.75, 3.05) is 22.1 Å². The molecule has 5 rings (SSSR count). The third-order valence-corrected chi connectivity index (χ3v) is 5.31. The molecule has 0 radical (unpaired) electrons. The molecule has 4 aromatic heterocycles. The van der Waals surface area contributed by atoms with E-state index in [4.69, 9.17) is 4.42 Å². The summed E-state index contributed by atoms with van der Waals surface area (Å²) in [6.07, 6.45) is 6.26. The number of nitrogens with one attached hydrogen (secondary N) is 2. The van der Waals surface area contributed by atoms with Crippen molar-refractivity contribution in [2.45, 2.75) is 19.4 Å². The number of pyridine rings is 3. The molecule has 0 spiro atoms. The molecule has 10 heteroatoms. The van der Waals surface area contributed by atoms with Crippen LogP contribution in [0.15, 0.2) is 65.8 Å². The molecule has 0 bridgehead atoms. The molecule has 5 heterocycles. The number of oxazole rings is 1. The Morgan fingerprint density at radius 1 is 1.15 bits per heavy atom. The van der Waals surface area contributed by atoms with Crippen LogP contribution in [0.3, 0.4) is 0 Å². The normalized spacial score (nSPS) is 15.3. The van der Waals surface area contributed by atoms with Gasteiger partial charge in [-0.2, -0.15) is 0 Å². The van der Waals surface area contributed by atoms with E-state index in [1.165, 1.54) is 18.7 Å². The molecule has 0 saturated carbocycles. The van der Waals surface area contributed by atoms with Gasteiger partial charge in [0.25, 0.3) is 0 Å². The number of aromatic nitrogens is 4. The van der Waals surface area contributed by atoms with Gasteiger partial charge < -0.3 is 9.73 Å². The Kier molecular flexibility index (Phi) is 5.39. The van der Waals surface area contributed by atoms with E-state index in [1.54, 1.807) is 35.4 Å². The van der Waals surface area contributed by atoms with E-state index in [9.17, 15) is 9.18 Å². The minimum Gasteiger partial charge on any atom is -0.442 e. The summed E-state index contributed by atoms with van der Waals surface area (Å²) < 4.78 is 19.0. The van der Waals surface area contributed by atoms with Crippen LogP contribution in [0.1, 0.15) is 13.3 Å². The molecule has 0 unspecified atom stereocenters. The number of halogens is 1. The van der Waals surface area contributed by atoms with Crippen LogP contribution in [0, 0.1) is 5.82 Å². The molecule has 1 aliphatic rings. The summed E-state index contributed by atoms with van der Waals surface area (Å²) in [6, 6.07) is 9.68. The monoisotopic (exact) mass is 445 g/mol. The lowest BCUT2D eigenvalue weighted by Crippen LogP contribution is -2.42. The lowest BCUT2D eigenvalue weighted by molar-refractivity contribution is 0.255. The highest BCUT2D eigenvalue weighted by Crippen LogP contribution is 2.32. The number of nitrogens with zero attached hydrogens (tertiary/aromatic N) is 5. The number of carbonyl (C=O) groups excluding carboxylic acids is 1. The summed E-state index contributed by atoms with van der Waals surface area (Å²) >= 11 is 0. The second-order valence-corrected chi connectivity index (χ2v) is 7.60. The van der Waals surface area contributed by atoms with Crippen LogP contribution in [0.4, 0.5) is 26.5 Å². The van der Waals surface area contributed by atoms with Gasteiger partial charge in [0.2, 0.25) is 0 Å². The first-order valence-electron chi connectivity index (χ1n) is 10.4. The zero-order chi connectivity index (χ0) is 22.8. The van der Waals surface area contributed by atoms with Gasteiger partial charge in [-0.25, -0.2) is 24.1 Å². The molecule has 166 valence electrons. The number of carbonyl (C=O) groups is 1. The van der Waals surface area contributed by atoms with Crippen molar-refractivity contribution in [3.05, 3.63) is 67.2 Å². The van der Waals surface area contributed by atoms with Crippen LogP contribution < -0.4 is 15.5 Å². The van der Waals surface area contributed by atoms with Crippen molar-refractivity contribution in [2.24, 2.45) is 0 Å². The van der Waals surface area contributed by atoms with Gasteiger partial charge >= 0.3 is 6.03 Å². The number of hydrogen-bond donors (Lipinski definition) is 2. The topological polar surface area (TPSA) is 109 Å². The first-order valence-corrected chi connectivity index (χ1v) is 10.4. The number of amides is 2. The van der Waals surface area contributed by atoms with Gasteiger partial charge in [0, 0.05) is 24.3 Å². The van der Waals surface area contributed by atoms with E-state index in [1.807, 2.05) is 13.0 Å². The maximum absolute atomic E-state index is 13.7. The molecule has 0 fully saturated rings. The molecule has 4 aromatic rings. The molecule has 1 aliphatic heterocycles. The number of urea groups is 1. The molecule has 9 nitrogen and oxygen atoms in total.